The minimum absolute atomic E-state index is 0.0516. The van der Waals surface area contributed by atoms with Crippen LogP contribution in [-0.2, 0) is 17.1 Å². The van der Waals surface area contributed by atoms with E-state index >= 15 is 0 Å². The summed E-state index contributed by atoms with van der Waals surface area (Å²) in [4.78, 5) is 0. The second-order valence-corrected chi connectivity index (χ2v) is 6.66. The van der Waals surface area contributed by atoms with E-state index in [1.54, 1.807) is 30.3 Å². The molecule has 0 saturated heterocycles. The lowest BCUT2D eigenvalue weighted by Crippen LogP contribution is -2.33. The molecule has 1 aromatic heterocycles. The van der Waals surface area contributed by atoms with E-state index in [9.17, 15) is 8.42 Å². The van der Waals surface area contributed by atoms with Gasteiger partial charge in [-0.25, -0.2) is 4.68 Å². The molecule has 0 bridgehead atoms. The molecule has 0 aliphatic rings. The van der Waals surface area contributed by atoms with Crippen LogP contribution in [0.15, 0.2) is 40.0 Å². The van der Waals surface area contributed by atoms with E-state index in [1.807, 2.05) is 6.07 Å². The lowest BCUT2D eigenvalue weighted by Gasteiger charge is -2.23. The molecule has 21 heavy (non-hydrogen) atoms. The number of sulfonamides is 1. The lowest BCUT2D eigenvalue weighted by atomic mass is 10.3. The maximum absolute atomic E-state index is 12.8. The van der Waals surface area contributed by atoms with Gasteiger partial charge in [0.05, 0.1) is 18.2 Å². The zero-order valence-electron chi connectivity index (χ0n) is 11.1. The molecule has 0 fully saturated rings. The summed E-state index contributed by atoms with van der Waals surface area (Å²) < 4.78 is 28.2. The maximum Gasteiger partial charge on any atom is 0.284 e. The SMILES string of the molecule is Cn1nnc(Br)c1S(=O)(=O)N(CCC#N)c1ccccc1. The molecule has 0 atom stereocenters. The van der Waals surface area contributed by atoms with Gasteiger partial charge >= 0.3 is 0 Å². The highest BCUT2D eigenvalue weighted by molar-refractivity contribution is 9.10. The number of hydrogen-bond donors (Lipinski definition) is 0. The van der Waals surface area contributed by atoms with Crippen LogP contribution < -0.4 is 4.31 Å². The Kier molecular flexibility index (Phi) is 4.59. The van der Waals surface area contributed by atoms with Crippen molar-refractivity contribution < 1.29 is 8.42 Å². The average molecular weight is 370 g/mol. The Balaban J connectivity index is 2.53. The minimum Gasteiger partial charge on any atom is -0.264 e. The highest BCUT2D eigenvalue weighted by Gasteiger charge is 2.31. The van der Waals surface area contributed by atoms with Crippen LogP contribution in [0.4, 0.5) is 5.69 Å². The number of aromatic nitrogens is 3. The fraction of sp³-hybridized carbons (Fsp3) is 0.250. The average Bonchev–Trinajstić information content (AvgIpc) is 2.80. The van der Waals surface area contributed by atoms with Crippen LogP contribution >= 0.6 is 15.9 Å². The van der Waals surface area contributed by atoms with E-state index in [0.29, 0.717) is 5.69 Å². The Morgan fingerprint density at radius 1 is 1.38 bits per heavy atom. The summed E-state index contributed by atoms with van der Waals surface area (Å²) in [6, 6.07) is 10.6. The molecular weight excluding hydrogens is 358 g/mol. The number of rotatable bonds is 5. The lowest BCUT2D eigenvalue weighted by molar-refractivity contribution is 0.569. The molecule has 0 aliphatic heterocycles. The van der Waals surface area contributed by atoms with Crippen LogP contribution in [-0.4, -0.2) is 30.0 Å². The first-order valence-corrected chi connectivity index (χ1v) is 8.21. The fourth-order valence-corrected chi connectivity index (χ4v) is 4.34. The smallest absolute Gasteiger partial charge is 0.264 e. The van der Waals surface area contributed by atoms with Crippen molar-refractivity contribution in [1.82, 2.24) is 15.0 Å². The molecule has 2 rings (SSSR count). The van der Waals surface area contributed by atoms with Crippen molar-refractivity contribution in [2.24, 2.45) is 7.05 Å². The normalized spacial score (nSPS) is 11.1. The third kappa shape index (κ3) is 3.06. The van der Waals surface area contributed by atoms with Crippen LogP contribution in [0.5, 0.6) is 0 Å². The number of hydrogen-bond acceptors (Lipinski definition) is 5. The van der Waals surface area contributed by atoms with Crippen molar-refractivity contribution in [3.8, 4) is 6.07 Å². The summed E-state index contributed by atoms with van der Waals surface area (Å²) in [5.74, 6) is 0. The van der Waals surface area contributed by atoms with Gasteiger partial charge < -0.3 is 0 Å². The molecule has 1 aromatic carbocycles. The van der Waals surface area contributed by atoms with Gasteiger partial charge in [-0.3, -0.25) is 4.31 Å². The van der Waals surface area contributed by atoms with Crippen LogP contribution in [0.3, 0.4) is 0 Å². The van der Waals surface area contributed by atoms with Crippen molar-refractivity contribution in [3.05, 3.63) is 34.9 Å². The second-order valence-electron chi connectivity index (χ2n) is 4.13. The molecule has 0 saturated carbocycles. The number of nitriles is 1. The van der Waals surface area contributed by atoms with Crippen molar-refractivity contribution in [2.75, 3.05) is 10.8 Å². The van der Waals surface area contributed by atoms with E-state index in [4.69, 9.17) is 5.26 Å². The Hall–Kier alpha value is -1.92. The quantitative estimate of drug-likeness (QED) is 0.799. The fourth-order valence-electron chi connectivity index (χ4n) is 1.83. The first kappa shape index (κ1) is 15.5. The first-order chi connectivity index (χ1) is 9.98. The predicted molar refractivity (Wildman–Crippen MR) is 79.9 cm³/mol. The summed E-state index contributed by atoms with van der Waals surface area (Å²) in [6.07, 6.45) is 0.0804. The topological polar surface area (TPSA) is 91.9 Å². The Bertz CT molecular complexity index is 747. The van der Waals surface area contributed by atoms with Crippen LogP contribution in [0.1, 0.15) is 6.42 Å². The summed E-state index contributed by atoms with van der Waals surface area (Å²) in [7, 11) is -2.37. The van der Waals surface area contributed by atoms with E-state index in [0.717, 1.165) is 0 Å². The molecule has 0 N–H and O–H groups in total. The van der Waals surface area contributed by atoms with E-state index < -0.39 is 10.0 Å². The van der Waals surface area contributed by atoms with Gasteiger partial charge in [-0.1, -0.05) is 23.4 Å². The molecule has 0 unspecified atom stereocenters. The molecule has 7 nitrogen and oxygen atoms in total. The summed E-state index contributed by atoms with van der Waals surface area (Å²) in [5.41, 5.74) is 0.487. The third-order valence-electron chi connectivity index (χ3n) is 2.74. The predicted octanol–water partition coefficient (Wildman–Crippen LogP) is 1.69. The Morgan fingerprint density at radius 3 is 2.57 bits per heavy atom. The van der Waals surface area contributed by atoms with Gasteiger partial charge in [0.2, 0.25) is 5.03 Å². The zero-order chi connectivity index (χ0) is 15.5. The summed E-state index contributed by atoms with van der Waals surface area (Å²) >= 11 is 3.10. The second kappa shape index (κ2) is 6.24. The number of anilines is 1. The van der Waals surface area contributed by atoms with Crippen molar-refractivity contribution in [1.29, 1.82) is 5.26 Å². The van der Waals surface area contributed by atoms with Crippen LogP contribution in [0, 0.1) is 11.3 Å². The first-order valence-electron chi connectivity index (χ1n) is 5.98. The summed E-state index contributed by atoms with van der Waals surface area (Å²) in [6.45, 7) is 0.0560. The van der Waals surface area contributed by atoms with E-state index in [2.05, 4.69) is 26.2 Å². The van der Waals surface area contributed by atoms with Crippen molar-refractivity contribution >= 4 is 31.6 Å². The highest BCUT2D eigenvalue weighted by atomic mass is 79.9. The van der Waals surface area contributed by atoms with Crippen molar-refractivity contribution in [3.63, 3.8) is 0 Å². The molecule has 110 valence electrons. The van der Waals surface area contributed by atoms with Crippen LogP contribution in [0.25, 0.3) is 0 Å². The number of para-hydroxylation sites is 1. The number of aryl methyl sites for hydroxylation is 1. The van der Waals surface area contributed by atoms with Gasteiger partial charge in [-0.15, -0.1) is 5.10 Å². The number of halogens is 1. The zero-order valence-corrected chi connectivity index (χ0v) is 13.5. The van der Waals surface area contributed by atoms with Crippen LogP contribution in [0.2, 0.25) is 0 Å². The molecule has 0 aliphatic carbocycles. The van der Waals surface area contributed by atoms with E-state index in [1.165, 1.54) is 16.0 Å². The molecule has 0 spiro atoms. The number of nitrogens with zero attached hydrogens (tertiary/aromatic N) is 5. The maximum atomic E-state index is 12.8. The van der Waals surface area contributed by atoms with Gasteiger partial charge in [0.25, 0.3) is 10.0 Å². The number of benzene rings is 1. The minimum atomic E-state index is -3.87. The van der Waals surface area contributed by atoms with Gasteiger partial charge in [-0.05, 0) is 28.1 Å². The largest absolute Gasteiger partial charge is 0.284 e. The molecular formula is C12H12BrN5O2S. The molecule has 0 radical (unpaired) electrons. The highest BCUT2D eigenvalue weighted by Crippen LogP contribution is 2.27. The van der Waals surface area contributed by atoms with Gasteiger partial charge in [0.1, 0.15) is 0 Å². The van der Waals surface area contributed by atoms with Crippen molar-refractivity contribution in [2.45, 2.75) is 11.4 Å². The molecule has 9 heteroatoms. The third-order valence-corrected chi connectivity index (χ3v) is 5.46. The molecule has 2 aromatic rings. The molecule has 1 heterocycles. The Labute approximate surface area is 131 Å². The van der Waals surface area contributed by atoms with Gasteiger partial charge in [0, 0.05) is 13.6 Å². The summed E-state index contributed by atoms with van der Waals surface area (Å²) in [5, 5.41) is 16.1. The molecule has 0 amide bonds. The van der Waals surface area contributed by atoms with E-state index in [-0.39, 0.29) is 22.6 Å². The van der Waals surface area contributed by atoms with Gasteiger partial charge in [0.15, 0.2) is 4.60 Å². The standard InChI is InChI=1S/C12H12BrN5O2S/c1-17-12(11(13)15-16-17)21(19,20)18(9-5-8-14)10-6-3-2-4-7-10/h2-4,6-7H,5,9H2,1H3. The van der Waals surface area contributed by atoms with Gasteiger partial charge in [-0.2, -0.15) is 13.7 Å². The Morgan fingerprint density at radius 2 is 2.05 bits per heavy atom. The monoisotopic (exact) mass is 369 g/mol.